The van der Waals surface area contributed by atoms with Crippen LogP contribution in [0.3, 0.4) is 0 Å². The summed E-state index contributed by atoms with van der Waals surface area (Å²) in [6.45, 7) is 3.35. The first kappa shape index (κ1) is 13.5. The van der Waals surface area contributed by atoms with Crippen LogP contribution in [0.2, 0.25) is 5.02 Å². The molecule has 1 aromatic carbocycles. The minimum Gasteiger partial charge on any atom is -0.316 e. The molecule has 0 aliphatic heterocycles. The fourth-order valence-electron chi connectivity index (χ4n) is 1.29. The summed E-state index contributed by atoms with van der Waals surface area (Å²) >= 11 is 5.75. The van der Waals surface area contributed by atoms with Crippen LogP contribution in [0.1, 0.15) is 13.3 Å². The molecule has 3 nitrogen and oxygen atoms in total. The molecule has 0 saturated carbocycles. The summed E-state index contributed by atoms with van der Waals surface area (Å²) in [5.74, 6) is 0.105. The van der Waals surface area contributed by atoms with Crippen LogP contribution in [0, 0.1) is 0 Å². The Hall–Kier alpha value is -0.580. The molecule has 0 heterocycles. The van der Waals surface area contributed by atoms with Gasteiger partial charge in [0.2, 0.25) is 0 Å². The molecule has 0 unspecified atom stereocenters. The third kappa shape index (κ3) is 4.12. The Balaban J connectivity index is 2.64. The van der Waals surface area contributed by atoms with Gasteiger partial charge < -0.3 is 5.32 Å². The van der Waals surface area contributed by atoms with Crippen molar-refractivity contribution in [1.82, 2.24) is 5.32 Å². The summed E-state index contributed by atoms with van der Waals surface area (Å²) in [5, 5.41) is 3.51. The molecule has 1 aromatic rings. The van der Waals surface area contributed by atoms with E-state index in [0.717, 1.165) is 13.0 Å². The van der Waals surface area contributed by atoms with Gasteiger partial charge in [-0.1, -0.05) is 24.6 Å². The number of hydrogen-bond acceptors (Lipinski definition) is 3. The first-order chi connectivity index (χ1) is 7.56. The van der Waals surface area contributed by atoms with Gasteiger partial charge in [-0.3, -0.25) is 0 Å². The smallest absolute Gasteiger partial charge is 0.179 e. The van der Waals surface area contributed by atoms with E-state index >= 15 is 0 Å². The lowest BCUT2D eigenvalue weighted by atomic mass is 10.4. The molecule has 0 fully saturated rings. The highest BCUT2D eigenvalue weighted by Gasteiger charge is 2.13. The van der Waals surface area contributed by atoms with Gasteiger partial charge in [0.15, 0.2) is 9.84 Å². The van der Waals surface area contributed by atoms with Gasteiger partial charge in [0, 0.05) is 11.6 Å². The number of rotatable bonds is 6. The highest BCUT2D eigenvalue weighted by atomic mass is 35.5. The molecule has 0 aromatic heterocycles. The number of benzene rings is 1. The van der Waals surface area contributed by atoms with Gasteiger partial charge >= 0.3 is 0 Å². The molecule has 0 spiro atoms. The second kappa shape index (κ2) is 6.23. The van der Waals surface area contributed by atoms with Gasteiger partial charge in [0.25, 0.3) is 0 Å². The van der Waals surface area contributed by atoms with E-state index in [1.165, 1.54) is 6.07 Å². The number of hydrogen-bond donors (Lipinski definition) is 1. The molecular formula is C11H16ClNO2S. The fraction of sp³-hybridized carbons (Fsp3) is 0.455. The summed E-state index contributed by atoms with van der Waals surface area (Å²) < 4.78 is 23.7. The van der Waals surface area contributed by atoms with E-state index in [4.69, 9.17) is 11.6 Å². The molecule has 0 aliphatic rings. The summed E-state index contributed by atoms with van der Waals surface area (Å²) in [6, 6.07) is 6.36. The maximum Gasteiger partial charge on any atom is 0.179 e. The van der Waals surface area contributed by atoms with E-state index in [0.29, 0.717) is 16.5 Å². The Bertz CT molecular complexity index is 431. The first-order valence-electron chi connectivity index (χ1n) is 5.25. The second-order valence-corrected chi connectivity index (χ2v) is 6.07. The molecule has 90 valence electrons. The Morgan fingerprint density at radius 3 is 2.69 bits per heavy atom. The normalized spacial score (nSPS) is 11.6. The zero-order valence-corrected chi connectivity index (χ0v) is 10.8. The maximum atomic E-state index is 11.8. The Kier molecular flexibility index (Phi) is 5.25. The van der Waals surface area contributed by atoms with E-state index in [1.807, 2.05) is 6.92 Å². The molecule has 0 saturated heterocycles. The van der Waals surface area contributed by atoms with Crippen molar-refractivity contribution in [2.24, 2.45) is 0 Å². The molecule has 0 amide bonds. The van der Waals surface area contributed by atoms with Crippen molar-refractivity contribution in [2.75, 3.05) is 18.8 Å². The van der Waals surface area contributed by atoms with Crippen LogP contribution in [-0.4, -0.2) is 27.3 Å². The predicted molar refractivity (Wildman–Crippen MR) is 66.7 cm³/mol. The minimum absolute atomic E-state index is 0.105. The lowest BCUT2D eigenvalue weighted by molar-refractivity contribution is 0.590. The van der Waals surface area contributed by atoms with Crippen molar-refractivity contribution in [2.45, 2.75) is 18.2 Å². The van der Waals surface area contributed by atoms with Crippen molar-refractivity contribution >= 4 is 21.4 Å². The first-order valence-corrected chi connectivity index (χ1v) is 7.28. The predicted octanol–water partition coefficient (Wildman–Crippen LogP) is 2.11. The van der Waals surface area contributed by atoms with E-state index < -0.39 is 9.84 Å². The van der Waals surface area contributed by atoms with Crippen LogP contribution < -0.4 is 5.32 Å². The zero-order valence-electron chi connectivity index (χ0n) is 9.24. The van der Waals surface area contributed by atoms with Gasteiger partial charge in [-0.25, -0.2) is 8.42 Å². The lowest BCUT2D eigenvalue weighted by Gasteiger charge is -2.05. The molecule has 0 radical (unpaired) electrons. The van der Waals surface area contributed by atoms with Gasteiger partial charge in [-0.05, 0) is 31.2 Å². The van der Waals surface area contributed by atoms with Gasteiger partial charge in [-0.15, -0.1) is 0 Å². The average molecular weight is 262 g/mol. The Morgan fingerprint density at radius 1 is 1.31 bits per heavy atom. The van der Waals surface area contributed by atoms with Crippen LogP contribution in [-0.2, 0) is 9.84 Å². The highest BCUT2D eigenvalue weighted by Crippen LogP contribution is 2.16. The van der Waals surface area contributed by atoms with Crippen molar-refractivity contribution < 1.29 is 8.42 Å². The third-order valence-corrected chi connectivity index (χ3v) is 4.08. The van der Waals surface area contributed by atoms with Gasteiger partial charge in [-0.2, -0.15) is 0 Å². The zero-order chi connectivity index (χ0) is 12.0. The average Bonchev–Trinajstić information content (AvgIpc) is 2.24. The minimum atomic E-state index is -3.21. The molecular weight excluding hydrogens is 246 g/mol. The fourth-order valence-corrected chi connectivity index (χ4v) is 2.78. The van der Waals surface area contributed by atoms with E-state index in [9.17, 15) is 8.42 Å². The van der Waals surface area contributed by atoms with Gasteiger partial charge in [0.05, 0.1) is 10.6 Å². The SMILES string of the molecule is CCCNCCS(=O)(=O)c1cccc(Cl)c1. The Morgan fingerprint density at radius 2 is 2.06 bits per heavy atom. The summed E-state index contributed by atoms with van der Waals surface area (Å²) in [4.78, 5) is 0.290. The number of halogens is 1. The summed E-state index contributed by atoms with van der Waals surface area (Å²) in [6.07, 6.45) is 0.997. The van der Waals surface area contributed by atoms with Crippen molar-refractivity contribution in [3.05, 3.63) is 29.3 Å². The lowest BCUT2D eigenvalue weighted by Crippen LogP contribution is -2.23. The monoisotopic (exact) mass is 261 g/mol. The highest BCUT2D eigenvalue weighted by molar-refractivity contribution is 7.91. The van der Waals surface area contributed by atoms with Gasteiger partial charge in [0.1, 0.15) is 0 Å². The summed E-state index contributed by atoms with van der Waals surface area (Å²) in [7, 11) is -3.21. The van der Waals surface area contributed by atoms with Crippen molar-refractivity contribution in [1.29, 1.82) is 0 Å². The molecule has 0 bridgehead atoms. The largest absolute Gasteiger partial charge is 0.316 e. The molecule has 5 heteroatoms. The van der Waals surface area contributed by atoms with E-state index in [1.54, 1.807) is 18.2 Å². The topological polar surface area (TPSA) is 46.2 Å². The molecule has 1 N–H and O–H groups in total. The van der Waals surface area contributed by atoms with Crippen LogP contribution in [0.15, 0.2) is 29.2 Å². The van der Waals surface area contributed by atoms with Crippen molar-refractivity contribution in [3.8, 4) is 0 Å². The van der Waals surface area contributed by atoms with E-state index in [2.05, 4.69) is 5.32 Å². The molecule has 0 aliphatic carbocycles. The van der Waals surface area contributed by atoms with Crippen LogP contribution in [0.25, 0.3) is 0 Å². The van der Waals surface area contributed by atoms with Crippen LogP contribution >= 0.6 is 11.6 Å². The van der Waals surface area contributed by atoms with Crippen LogP contribution in [0.4, 0.5) is 0 Å². The standard InChI is InChI=1S/C11H16ClNO2S/c1-2-6-13-7-8-16(14,15)11-5-3-4-10(12)9-11/h3-5,9,13H,2,6-8H2,1H3. The number of nitrogens with one attached hydrogen (secondary N) is 1. The number of sulfone groups is 1. The molecule has 0 atom stereocenters. The quantitative estimate of drug-likeness (QED) is 0.798. The molecule has 16 heavy (non-hydrogen) atoms. The van der Waals surface area contributed by atoms with E-state index in [-0.39, 0.29) is 5.75 Å². The Labute approximate surface area is 102 Å². The third-order valence-electron chi connectivity index (χ3n) is 2.13. The summed E-state index contributed by atoms with van der Waals surface area (Å²) in [5.41, 5.74) is 0. The van der Waals surface area contributed by atoms with Crippen molar-refractivity contribution in [3.63, 3.8) is 0 Å². The maximum absolute atomic E-state index is 11.8. The van der Waals surface area contributed by atoms with Crippen LogP contribution in [0.5, 0.6) is 0 Å². The molecule has 1 rings (SSSR count). The second-order valence-electron chi connectivity index (χ2n) is 3.53.